The van der Waals surface area contributed by atoms with Crippen LogP contribution in [0.15, 0.2) is 91.0 Å². The lowest BCUT2D eigenvalue weighted by Crippen LogP contribution is -2.43. The minimum Gasteiger partial charge on any atom is -0.299 e. The quantitative estimate of drug-likeness (QED) is 0.631. The van der Waals surface area contributed by atoms with Gasteiger partial charge in [0.25, 0.3) is 0 Å². The monoisotopic (exact) mass is 327 g/mol. The topological polar surface area (TPSA) is 3.24 Å². The molecular weight excluding hydrogens is 302 g/mol. The van der Waals surface area contributed by atoms with Crippen LogP contribution in [-0.4, -0.2) is 18.0 Å². The molecule has 0 spiro atoms. The van der Waals surface area contributed by atoms with E-state index in [1.165, 1.54) is 29.5 Å². The average molecular weight is 327 g/mol. The Morgan fingerprint density at radius 3 is 1.52 bits per heavy atom. The maximum atomic E-state index is 2.60. The fourth-order valence-corrected chi connectivity index (χ4v) is 4.19. The number of nitrogens with zero attached hydrogens (tertiary/aromatic N) is 1. The van der Waals surface area contributed by atoms with Gasteiger partial charge < -0.3 is 0 Å². The summed E-state index contributed by atoms with van der Waals surface area (Å²) >= 11 is 0. The van der Waals surface area contributed by atoms with Crippen LogP contribution in [0.2, 0.25) is 0 Å². The van der Waals surface area contributed by atoms with Crippen LogP contribution in [0.4, 0.5) is 0 Å². The molecule has 1 aliphatic rings. The number of hydrogen-bond acceptors (Lipinski definition) is 1. The molecule has 0 atom stereocenters. The smallest absolute Gasteiger partial charge is 0.0233 e. The summed E-state index contributed by atoms with van der Waals surface area (Å²) in [6.45, 7) is 3.33. The van der Waals surface area contributed by atoms with Gasteiger partial charge in [0, 0.05) is 12.0 Å². The van der Waals surface area contributed by atoms with Crippen molar-refractivity contribution in [1.29, 1.82) is 0 Å². The first-order chi connectivity index (χ1) is 12.4. The lowest BCUT2D eigenvalue weighted by atomic mass is 9.68. The van der Waals surface area contributed by atoms with Gasteiger partial charge in [-0.2, -0.15) is 0 Å². The number of piperidine rings is 1. The first kappa shape index (κ1) is 16.1. The van der Waals surface area contributed by atoms with Crippen molar-refractivity contribution < 1.29 is 0 Å². The molecule has 1 nitrogen and oxygen atoms in total. The molecule has 0 bridgehead atoms. The lowest BCUT2D eigenvalue weighted by molar-refractivity contribution is 0.172. The van der Waals surface area contributed by atoms with Crippen LogP contribution < -0.4 is 0 Å². The Bertz CT molecular complexity index is 731. The molecule has 3 aromatic rings. The van der Waals surface area contributed by atoms with Crippen molar-refractivity contribution >= 4 is 0 Å². The molecule has 4 rings (SSSR count). The summed E-state index contributed by atoms with van der Waals surface area (Å²) < 4.78 is 0. The van der Waals surface area contributed by atoms with Gasteiger partial charge in [-0.3, -0.25) is 4.90 Å². The van der Waals surface area contributed by atoms with Crippen molar-refractivity contribution in [2.75, 3.05) is 13.1 Å². The van der Waals surface area contributed by atoms with E-state index in [1.807, 2.05) is 0 Å². The Hall–Kier alpha value is -2.38. The summed E-state index contributed by atoms with van der Waals surface area (Å²) in [4.78, 5) is 2.60. The maximum absolute atomic E-state index is 2.60. The number of rotatable bonds is 4. The van der Waals surface area contributed by atoms with E-state index in [4.69, 9.17) is 0 Å². The molecule has 25 heavy (non-hydrogen) atoms. The van der Waals surface area contributed by atoms with Gasteiger partial charge >= 0.3 is 0 Å². The molecule has 0 aliphatic carbocycles. The zero-order valence-corrected chi connectivity index (χ0v) is 14.6. The normalized spacial score (nSPS) is 17.3. The molecule has 1 saturated heterocycles. The highest BCUT2D eigenvalue weighted by atomic mass is 15.1. The fraction of sp³-hybridized carbons (Fsp3) is 0.250. The first-order valence-corrected chi connectivity index (χ1v) is 9.24. The molecule has 0 aromatic heterocycles. The van der Waals surface area contributed by atoms with Gasteiger partial charge in [0.05, 0.1) is 0 Å². The molecule has 0 unspecified atom stereocenters. The van der Waals surface area contributed by atoms with E-state index in [0.29, 0.717) is 0 Å². The Balaban J connectivity index is 1.58. The molecule has 0 saturated carbocycles. The van der Waals surface area contributed by atoms with E-state index in [9.17, 15) is 0 Å². The second-order valence-electron chi connectivity index (χ2n) is 7.08. The van der Waals surface area contributed by atoms with E-state index >= 15 is 0 Å². The largest absolute Gasteiger partial charge is 0.299 e. The number of hydrogen-bond donors (Lipinski definition) is 0. The van der Waals surface area contributed by atoms with Crippen LogP contribution in [0.1, 0.15) is 29.5 Å². The van der Waals surface area contributed by atoms with Crippen molar-refractivity contribution in [2.24, 2.45) is 0 Å². The van der Waals surface area contributed by atoms with E-state index in [0.717, 1.165) is 19.6 Å². The Morgan fingerprint density at radius 2 is 1.04 bits per heavy atom. The van der Waals surface area contributed by atoms with E-state index in [2.05, 4.69) is 95.9 Å². The Kier molecular flexibility index (Phi) is 4.67. The van der Waals surface area contributed by atoms with E-state index < -0.39 is 0 Å². The molecule has 0 radical (unpaired) electrons. The summed E-state index contributed by atoms with van der Waals surface area (Å²) in [6.07, 6.45) is 2.35. The molecule has 3 aromatic carbocycles. The summed E-state index contributed by atoms with van der Waals surface area (Å²) in [6, 6.07) is 33.0. The Labute approximate surface area is 150 Å². The molecule has 1 heteroatoms. The zero-order valence-electron chi connectivity index (χ0n) is 14.6. The van der Waals surface area contributed by atoms with E-state index in [1.54, 1.807) is 0 Å². The highest BCUT2D eigenvalue weighted by molar-refractivity contribution is 5.40. The minimum atomic E-state index is 0.149. The van der Waals surface area contributed by atoms with Crippen molar-refractivity contribution in [1.82, 2.24) is 4.90 Å². The van der Waals surface area contributed by atoms with Crippen molar-refractivity contribution in [3.8, 4) is 0 Å². The van der Waals surface area contributed by atoms with Crippen molar-refractivity contribution in [3.63, 3.8) is 0 Å². The van der Waals surface area contributed by atoms with Crippen LogP contribution in [0.5, 0.6) is 0 Å². The fourth-order valence-electron chi connectivity index (χ4n) is 4.19. The molecule has 0 N–H and O–H groups in total. The Morgan fingerprint density at radius 1 is 0.600 bits per heavy atom. The average Bonchev–Trinajstić information content (AvgIpc) is 2.71. The van der Waals surface area contributed by atoms with Crippen LogP contribution >= 0.6 is 0 Å². The standard InChI is InChI=1S/C24H25N/c1-4-10-21(11-5-1)20-25-18-16-24(17-19-25,22-12-6-2-7-13-22)23-14-8-3-9-15-23/h1-15H,16-20H2. The third kappa shape index (κ3) is 3.38. The van der Waals surface area contributed by atoms with Crippen LogP contribution in [0, 0.1) is 0 Å². The van der Waals surface area contributed by atoms with Crippen LogP contribution in [0.25, 0.3) is 0 Å². The lowest BCUT2D eigenvalue weighted by Gasteiger charge is -2.43. The first-order valence-electron chi connectivity index (χ1n) is 9.24. The van der Waals surface area contributed by atoms with Gasteiger partial charge in [-0.25, -0.2) is 0 Å². The molecule has 0 amide bonds. The maximum Gasteiger partial charge on any atom is 0.0233 e. The van der Waals surface area contributed by atoms with Gasteiger partial charge in [0.15, 0.2) is 0 Å². The summed E-state index contributed by atoms with van der Waals surface area (Å²) in [7, 11) is 0. The van der Waals surface area contributed by atoms with Crippen LogP contribution in [0.3, 0.4) is 0 Å². The van der Waals surface area contributed by atoms with Gasteiger partial charge in [-0.15, -0.1) is 0 Å². The van der Waals surface area contributed by atoms with E-state index in [-0.39, 0.29) is 5.41 Å². The van der Waals surface area contributed by atoms with Crippen LogP contribution in [-0.2, 0) is 12.0 Å². The molecule has 126 valence electrons. The van der Waals surface area contributed by atoms with Gasteiger partial charge in [0.1, 0.15) is 0 Å². The summed E-state index contributed by atoms with van der Waals surface area (Å²) in [5.74, 6) is 0. The highest BCUT2D eigenvalue weighted by Gasteiger charge is 2.37. The molecular formula is C24H25N. The van der Waals surface area contributed by atoms with Gasteiger partial charge in [-0.1, -0.05) is 91.0 Å². The van der Waals surface area contributed by atoms with Crippen molar-refractivity contribution in [3.05, 3.63) is 108 Å². The third-order valence-electron chi connectivity index (χ3n) is 5.61. The van der Waals surface area contributed by atoms with Gasteiger partial charge in [0.2, 0.25) is 0 Å². The zero-order chi connectivity index (χ0) is 17.0. The molecule has 1 fully saturated rings. The highest BCUT2D eigenvalue weighted by Crippen LogP contribution is 2.41. The summed E-state index contributed by atoms with van der Waals surface area (Å²) in [5, 5.41) is 0. The number of benzene rings is 3. The minimum absolute atomic E-state index is 0.149. The molecule has 1 heterocycles. The van der Waals surface area contributed by atoms with Crippen molar-refractivity contribution in [2.45, 2.75) is 24.8 Å². The third-order valence-corrected chi connectivity index (χ3v) is 5.61. The predicted octanol–water partition coefficient (Wildman–Crippen LogP) is 5.27. The number of likely N-dealkylation sites (tertiary alicyclic amines) is 1. The second-order valence-corrected chi connectivity index (χ2v) is 7.08. The summed E-state index contributed by atoms with van der Waals surface area (Å²) in [5.41, 5.74) is 4.48. The second kappa shape index (κ2) is 7.25. The SMILES string of the molecule is c1ccc(CN2CCC(c3ccccc3)(c3ccccc3)CC2)cc1. The predicted molar refractivity (Wildman–Crippen MR) is 105 cm³/mol. The van der Waals surface area contributed by atoms with Gasteiger partial charge in [-0.05, 0) is 42.6 Å². The molecule has 1 aliphatic heterocycles.